The van der Waals surface area contributed by atoms with Crippen molar-refractivity contribution >= 4 is 22.0 Å². The molecule has 3 heteroatoms. The Morgan fingerprint density at radius 2 is 2.17 bits per heavy atom. The average molecular weight is 226 g/mol. The Bertz CT molecular complexity index is 322. The molecule has 0 N–H and O–H groups in total. The van der Waals surface area contributed by atoms with Gasteiger partial charge in [0.1, 0.15) is 0 Å². The molecule has 0 aliphatic carbocycles. The zero-order valence-corrected chi connectivity index (χ0v) is 8.03. The fourth-order valence-corrected chi connectivity index (χ4v) is 1.71. The predicted octanol–water partition coefficient (Wildman–Crippen LogP) is 1.11. The number of esters is 1. The van der Waals surface area contributed by atoms with Crippen molar-refractivity contribution in [1.82, 2.24) is 0 Å². The summed E-state index contributed by atoms with van der Waals surface area (Å²) in [4.78, 5) is 11.0. The van der Waals surface area contributed by atoms with Gasteiger partial charge in [-0.05, 0) is 0 Å². The summed E-state index contributed by atoms with van der Waals surface area (Å²) in [6, 6.07) is 7.61. The number of fused-ring (bicyclic) bond motifs is 1. The van der Waals surface area contributed by atoms with Crippen molar-refractivity contribution in [2.45, 2.75) is 11.2 Å². The van der Waals surface area contributed by atoms with E-state index >= 15 is 0 Å². The van der Waals surface area contributed by atoms with Crippen LogP contribution >= 0.6 is 0 Å². The van der Waals surface area contributed by atoms with E-state index in [0.29, 0.717) is 5.75 Å². The Morgan fingerprint density at radius 3 is 3.00 bits per heavy atom. The first kappa shape index (κ1) is 7.84. The third kappa shape index (κ3) is 1.26. The minimum atomic E-state index is -0.172. The third-order valence-corrected chi connectivity index (χ3v) is 2.60. The summed E-state index contributed by atoms with van der Waals surface area (Å²) in [6.07, 6.45) is 0.745. The van der Waals surface area contributed by atoms with Gasteiger partial charge in [0.25, 0.3) is 0 Å². The summed E-state index contributed by atoms with van der Waals surface area (Å²) in [5, 5.41) is 0. The molecule has 0 spiro atoms. The third-order valence-electron chi connectivity index (χ3n) is 1.85. The van der Waals surface area contributed by atoms with Crippen LogP contribution in [0.25, 0.3) is 0 Å². The van der Waals surface area contributed by atoms with Crippen LogP contribution < -0.4 is 4.74 Å². The summed E-state index contributed by atoms with van der Waals surface area (Å²) in [5.74, 6) is 0.530. The molecule has 1 aromatic carbocycles. The van der Waals surface area contributed by atoms with Crippen LogP contribution in [-0.2, 0) is 11.2 Å². The summed E-state index contributed by atoms with van der Waals surface area (Å²) < 4.78 is 5.07. The number of para-hydroxylation sites is 1. The first-order valence-corrected chi connectivity index (χ1v) is 4.71. The number of ether oxygens (including phenoxy) is 1. The van der Waals surface area contributed by atoms with Gasteiger partial charge >= 0.3 is 78.3 Å². The van der Waals surface area contributed by atoms with Gasteiger partial charge in [0.2, 0.25) is 0 Å². The van der Waals surface area contributed by atoms with E-state index in [1.807, 2.05) is 24.3 Å². The summed E-state index contributed by atoms with van der Waals surface area (Å²) >= 11 is 2.80. The first-order valence-electron chi connectivity index (χ1n) is 3.73. The van der Waals surface area contributed by atoms with E-state index in [-0.39, 0.29) is 10.8 Å². The Balaban J connectivity index is 2.40. The van der Waals surface area contributed by atoms with Crippen molar-refractivity contribution in [3.8, 4) is 5.75 Å². The fraction of sp³-hybridized carbons (Fsp3) is 0.222. The molecule has 0 bridgehead atoms. The SMILES string of the molecule is O=C1Oc2ccccc2CC1[Se]. The number of hydrogen-bond acceptors (Lipinski definition) is 2. The summed E-state index contributed by atoms with van der Waals surface area (Å²) in [6.45, 7) is 0. The number of carbonyl (C=O) groups excluding carboxylic acids is 1. The molecule has 1 aromatic rings. The Hall–Kier alpha value is -0.791. The van der Waals surface area contributed by atoms with Gasteiger partial charge in [-0.25, -0.2) is 0 Å². The van der Waals surface area contributed by atoms with Crippen molar-refractivity contribution in [3.63, 3.8) is 0 Å². The van der Waals surface area contributed by atoms with Gasteiger partial charge in [-0.2, -0.15) is 0 Å². The molecule has 0 amide bonds. The molecule has 0 aromatic heterocycles. The van der Waals surface area contributed by atoms with E-state index in [0.717, 1.165) is 12.0 Å². The first-order chi connectivity index (χ1) is 5.77. The molecule has 1 radical (unpaired) electrons. The summed E-state index contributed by atoms with van der Waals surface area (Å²) in [5.41, 5.74) is 1.10. The van der Waals surface area contributed by atoms with Crippen LogP contribution in [0.15, 0.2) is 24.3 Å². The Morgan fingerprint density at radius 1 is 1.42 bits per heavy atom. The minimum absolute atomic E-state index is 0.125. The van der Waals surface area contributed by atoms with E-state index in [4.69, 9.17) is 4.74 Å². The molecule has 61 valence electrons. The van der Waals surface area contributed by atoms with Crippen LogP contribution in [0.3, 0.4) is 0 Å². The molecule has 1 atom stereocenters. The van der Waals surface area contributed by atoms with Crippen molar-refractivity contribution in [3.05, 3.63) is 29.8 Å². The van der Waals surface area contributed by atoms with E-state index in [1.54, 1.807) is 0 Å². The average Bonchev–Trinajstić information content (AvgIpc) is 2.07. The van der Waals surface area contributed by atoms with E-state index in [2.05, 4.69) is 16.0 Å². The van der Waals surface area contributed by atoms with Crippen LogP contribution in [0.5, 0.6) is 5.75 Å². The van der Waals surface area contributed by atoms with Crippen LogP contribution in [0, 0.1) is 0 Å². The number of benzene rings is 1. The molecule has 1 unspecified atom stereocenters. The van der Waals surface area contributed by atoms with Gasteiger partial charge in [-0.1, -0.05) is 0 Å². The molecule has 0 fully saturated rings. The van der Waals surface area contributed by atoms with Gasteiger partial charge in [-0.3, -0.25) is 0 Å². The second-order valence-electron chi connectivity index (χ2n) is 2.72. The van der Waals surface area contributed by atoms with Crippen molar-refractivity contribution in [2.75, 3.05) is 0 Å². The maximum atomic E-state index is 11.1. The van der Waals surface area contributed by atoms with Gasteiger partial charge < -0.3 is 0 Å². The van der Waals surface area contributed by atoms with Crippen molar-refractivity contribution in [1.29, 1.82) is 0 Å². The van der Waals surface area contributed by atoms with Gasteiger partial charge in [0.15, 0.2) is 0 Å². The molecular formula is C9H7O2Se. The molecular weight excluding hydrogens is 219 g/mol. The van der Waals surface area contributed by atoms with E-state index < -0.39 is 0 Å². The quantitative estimate of drug-likeness (QED) is 0.376. The van der Waals surface area contributed by atoms with E-state index in [1.165, 1.54) is 0 Å². The molecule has 12 heavy (non-hydrogen) atoms. The number of hydrogen-bond donors (Lipinski definition) is 0. The topological polar surface area (TPSA) is 26.3 Å². The van der Waals surface area contributed by atoms with Crippen LogP contribution in [-0.4, -0.2) is 22.0 Å². The van der Waals surface area contributed by atoms with Gasteiger partial charge in [0, 0.05) is 0 Å². The molecule has 0 saturated heterocycles. The molecule has 0 saturated carbocycles. The monoisotopic (exact) mass is 227 g/mol. The number of rotatable bonds is 0. The Labute approximate surface area is 78.7 Å². The van der Waals surface area contributed by atoms with Crippen LogP contribution in [0.4, 0.5) is 0 Å². The standard InChI is InChI=1S/C9H7O2Se/c10-9-8(12)5-6-3-1-2-4-7(6)11-9/h1-4,8H,5H2. The fourth-order valence-electron chi connectivity index (χ4n) is 1.23. The van der Waals surface area contributed by atoms with Crippen LogP contribution in [0.1, 0.15) is 5.56 Å². The van der Waals surface area contributed by atoms with Gasteiger partial charge in [-0.15, -0.1) is 0 Å². The maximum absolute atomic E-state index is 11.1. The summed E-state index contributed by atoms with van der Waals surface area (Å²) in [7, 11) is 0. The number of carbonyl (C=O) groups is 1. The zero-order valence-electron chi connectivity index (χ0n) is 6.32. The molecule has 2 nitrogen and oxygen atoms in total. The Kier molecular flexibility index (Phi) is 1.91. The molecule has 1 heterocycles. The van der Waals surface area contributed by atoms with Crippen LogP contribution in [0.2, 0.25) is 4.82 Å². The predicted molar refractivity (Wildman–Crippen MR) is 45.3 cm³/mol. The normalized spacial score (nSPS) is 21.4. The second-order valence-corrected chi connectivity index (χ2v) is 3.92. The van der Waals surface area contributed by atoms with Crippen molar-refractivity contribution in [2.24, 2.45) is 0 Å². The molecule has 1 aliphatic heterocycles. The molecule has 1 aliphatic rings. The van der Waals surface area contributed by atoms with Gasteiger partial charge in [0.05, 0.1) is 0 Å². The second kappa shape index (κ2) is 2.92. The van der Waals surface area contributed by atoms with E-state index in [9.17, 15) is 4.79 Å². The zero-order chi connectivity index (χ0) is 8.55. The van der Waals surface area contributed by atoms with Crippen molar-refractivity contribution < 1.29 is 9.53 Å². The molecule has 2 rings (SSSR count).